The van der Waals surface area contributed by atoms with Crippen LogP contribution in [0.5, 0.6) is 0 Å². The average Bonchev–Trinajstić information content (AvgIpc) is 3.12. The molecule has 0 radical (unpaired) electrons. The molecule has 146 valence electrons. The molecule has 2 heterocycles. The monoisotopic (exact) mass is 417 g/mol. The van der Waals surface area contributed by atoms with Crippen molar-refractivity contribution in [2.45, 2.75) is 5.75 Å². The zero-order valence-corrected chi connectivity index (χ0v) is 16.6. The quantitative estimate of drug-likeness (QED) is 0.686. The molecule has 1 aliphatic rings. The van der Waals surface area contributed by atoms with Crippen molar-refractivity contribution >= 4 is 42.7 Å². The van der Waals surface area contributed by atoms with Crippen molar-refractivity contribution in [3.63, 3.8) is 0 Å². The lowest BCUT2D eigenvalue weighted by molar-refractivity contribution is 0.0697. The summed E-state index contributed by atoms with van der Waals surface area (Å²) >= 11 is 1.43. The number of nitrogens with zero attached hydrogens (tertiary/aromatic N) is 3. The summed E-state index contributed by atoms with van der Waals surface area (Å²) in [7, 11) is -3.36. The molecule has 0 amide bonds. The molecule has 4 rings (SSSR count). The van der Waals surface area contributed by atoms with Gasteiger partial charge in [0.25, 0.3) is 0 Å². The molecule has 2 aromatic carbocycles. The second kappa shape index (κ2) is 7.50. The Labute approximate surface area is 166 Å². The lowest BCUT2D eigenvalue weighted by Crippen LogP contribution is -2.49. The predicted octanol–water partition coefficient (Wildman–Crippen LogP) is 2.65. The van der Waals surface area contributed by atoms with E-state index in [0.717, 1.165) is 20.9 Å². The first kappa shape index (κ1) is 18.9. The number of piperazine rings is 1. The van der Waals surface area contributed by atoms with Crippen LogP contribution in [0, 0.1) is 0 Å². The minimum Gasteiger partial charge on any atom is -0.478 e. The maximum Gasteiger partial charge on any atom is 0.335 e. The van der Waals surface area contributed by atoms with Gasteiger partial charge in [-0.15, -0.1) is 0 Å². The van der Waals surface area contributed by atoms with E-state index in [1.807, 2.05) is 30.3 Å². The Morgan fingerprint density at radius 3 is 2.46 bits per heavy atom. The van der Waals surface area contributed by atoms with Crippen LogP contribution in [-0.4, -0.2) is 55.0 Å². The molecule has 1 aromatic heterocycles. The van der Waals surface area contributed by atoms with Gasteiger partial charge in [0.15, 0.2) is 5.13 Å². The van der Waals surface area contributed by atoms with Gasteiger partial charge in [-0.05, 0) is 23.8 Å². The van der Waals surface area contributed by atoms with Gasteiger partial charge in [-0.25, -0.2) is 18.2 Å². The number of hydrogen-bond acceptors (Lipinski definition) is 6. The zero-order chi connectivity index (χ0) is 19.7. The van der Waals surface area contributed by atoms with Gasteiger partial charge in [-0.1, -0.05) is 41.7 Å². The van der Waals surface area contributed by atoms with E-state index in [4.69, 9.17) is 5.11 Å². The number of fused-ring (bicyclic) bond motifs is 1. The lowest BCUT2D eigenvalue weighted by atomic mass is 10.2. The van der Waals surface area contributed by atoms with E-state index >= 15 is 0 Å². The van der Waals surface area contributed by atoms with Gasteiger partial charge in [0.05, 0.1) is 21.5 Å². The largest absolute Gasteiger partial charge is 0.478 e. The standard InChI is InChI=1S/C19H19N3O4S2/c23-18(24)15-6-7-16-17(12-15)27-19(20-16)21-8-10-22(11-9-21)28(25,26)13-14-4-2-1-3-5-14/h1-7,12H,8-11,13H2,(H,23,24). The number of aromatic nitrogens is 1. The maximum absolute atomic E-state index is 12.7. The minimum absolute atomic E-state index is 0.00689. The van der Waals surface area contributed by atoms with Crippen LogP contribution in [0.2, 0.25) is 0 Å². The number of carboxylic acid groups (broad SMARTS) is 1. The van der Waals surface area contributed by atoms with Gasteiger partial charge in [-0.3, -0.25) is 0 Å². The summed E-state index contributed by atoms with van der Waals surface area (Å²) in [5, 5.41) is 9.91. The van der Waals surface area contributed by atoms with E-state index < -0.39 is 16.0 Å². The molecule has 28 heavy (non-hydrogen) atoms. The van der Waals surface area contributed by atoms with E-state index in [0.29, 0.717) is 26.2 Å². The van der Waals surface area contributed by atoms with E-state index in [2.05, 4.69) is 9.88 Å². The van der Waals surface area contributed by atoms with Crippen molar-refractivity contribution in [2.24, 2.45) is 0 Å². The molecule has 1 fully saturated rings. The topological polar surface area (TPSA) is 90.8 Å². The Hall–Kier alpha value is -2.49. The zero-order valence-electron chi connectivity index (χ0n) is 15.0. The van der Waals surface area contributed by atoms with Crippen LogP contribution in [0.4, 0.5) is 5.13 Å². The molecule has 1 saturated heterocycles. The van der Waals surface area contributed by atoms with Crippen LogP contribution in [-0.2, 0) is 15.8 Å². The molecule has 3 aromatic rings. The second-order valence-corrected chi connectivity index (χ2v) is 9.59. The van der Waals surface area contributed by atoms with Crippen molar-refractivity contribution in [1.29, 1.82) is 0 Å². The van der Waals surface area contributed by atoms with Gasteiger partial charge >= 0.3 is 5.97 Å². The number of sulfonamides is 1. The van der Waals surface area contributed by atoms with Gasteiger partial charge in [0.1, 0.15) is 0 Å². The second-order valence-electron chi connectivity index (χ2n) is 6.61. The maximum atomic E-state index is 12.7. The molecule has 0 spiro atoms. The van der Waals surface area contributed by atoms with E-state index in [1.165, 1.54) is 15.6 Å². The fourth-order valence-corrected chi connectivity index (χ4v) is 5.79. The van der Waals surface area contributed by atoms with Crippen LogP contribution >= 0.6 is 11.3 Å². The summed E-state index contributed by atoms with van der Waals surface area (Å²) in [5.74, 6) is -0.957. The average molecular weight is 418 g/mol. The molecule has 0 bridgehead atoms. The molecule has 1 aliphatic heterocycles. The van der Waals surface area contributed by atoms with Crippen LogP contribution < -0.4 is 4.90 Å². The molecule has 0 aliphatic carbocycles. The molecular weight excluding hydrogens is 398 g/mol. The highest BCUT2D eigenvalue weighted by Crippen LogP contribution is 2.30. The first-order valence-electron chi connectivity index (χ1n) is 8.83. The van der Waals surface area contributed by atoms with Crippen LogP contribution in [0.25, 0.3) is 10.2 Å². The van der Waals surface area contributed by atoms with E-state index in [1.54, 1.807) is 18.2 Å². The van der Waals surface area contributed by atoms with Crippen molar-refractivity contribution in [3.05, 3.63) is 59.7 Å². The van der Waals surface area contributed by atoms with Crippen LogP contribution in [0.1, 0.15) is 15.9 Å². The normalized spacial score (nSPS) is 15.8. The molecule has 1 N–H and O–H groups in total. The SMILES string of the molecule is O=C(O)c1ccc2nc(N3CCN(S(=O)(=O)Cc4ccccc4)CC3)sc2c1. The van der Waals surface area contributed by atoms with Gasteiger partial charge in [0.2, 0.25) is 10.0 Å². The smallest absolute Gasteiger partial charge is 0.335 e. The van der Waals surface area contributed by atoms with Gasteiger partial charge in [-0.2, -0.15) is 4.31 Å². The van der Waals surface area contributed by atoms with Crippen molar-refractivity contribution in [2.75, 3.05) is 31.1 Å². The van der Waals surface area contributed by atoms with E-state index in [-0.39, 0.29) is 11.3 Å². The predicted molar refractivity (Wildman–Crippen MR) is 109 cm³/mol. The highest BCUT2D eigenvalue weighted by atomic mass is 32.2. The summed E-state index contributed by atoms with van der Waals surface area (Å²) in [4.78, 5) is 17.8. The highest BCUT2D eigenvalue weighted by Gasteiger charge is 2.28. The fraction of sp³-hybridized carbons (Fsp3) is 0.263. The number of hydrogen-bond donors (Lipinski definition) is 1. The summed E-state index contributed by atoms with van der Waals surface area (Å²) in [6.07, 6.45) is 0. The summed E-state index contributed by atoms with van der Waals surface area (Å²) in [6, 6.07) is 14.1. The van der Waals surface area contributed by atoms with Gasteiger partial charge < -0.3 is 10.0 Å². The molecule has 0 atom stereocenters. The molecule has 0 unspecified atom stereocenters. The Balaban J connectivity index is 1.45. The number of carbonyl (C=O) groups is 1. The summed E-state index contributed by atoms with van der Waals surface area (Å²) in [6.45, 7) is 1.93. The molecule has 0 saturated carbocycles. The summed E-state index contributed by atoms with van der Waals surface area (Å²) in [5.41, 5.74) is 1.77. The molecular formula is C19H19N3O4S2. The Morgan fingerprint density at radius 2 is 1.79 bits per heavy atom. The first-order valence-corrected chi connectivity index (χ1v) is 11.3. The number of carboxylic acids is 1. The highest BCUT2D eigenvalue weighted by molar-refractivity contribution is 7.88. The van der Waals surface area contributed by atoms with Crippen molar-refractivity contribution in [1.82, 2.24) is 9.29 Å². The third-order valence-corrected chi connectivity index (χ3v) is 7.65. The third-order valence-electron chi connectivity index (χ3n) is 4.72. The third kappa shape index (κ3) is 3.87. The Kier molecular flexibility index (Phi) is 5.05. The number of aromatic carboxylic acids is 1. The fourth-order valence-electron chi connectivity index (χ4n) is 3.21. The lowest BCUT2D eigenvalue weighted by Gasteiger charge is -2.33. The number of thiazole rings is 1. The first-order chi connectivity index (χ1) is 13.4. The summed E-state index contributed by atoms with van der Waals surface area (Å²) < 4.78 is 27.7. The van der Waals surface area contributed by atoms with Crippen LogP contribution in [0.3, 0.4) is 0 Å². The van der Waals surface area contributed by atoms with Gasteiger partial charge in [0, 0.05) is 26.2 Å². The number of benzene rings is 2. The number of anilines is 1. The molecule has 7 nitrogen and oxygen atoms in total. The minimum atomic E-state index is -3.36. The van der Waals surface area contributed by atoms with Crippen LogP contribution in [0.15, 0.2) is 48.5 Å². The van der Waals surface area contributed by atoms with E-state index in [9.17, 15) is 13.2 Å². The Morgan fingerprint density at radius 1 is 1.07 bits per heavy atom. The molecule has 9 heteroatoms. The number of rotatable bonds is 5. The van der Waals surface area contributed by atoms with Crippen molar-refractivity contribution < 1.29 is 18.3 Å². The Bertz CT molecular complexity index is 1100. The van der Waals surface area contributed by atoms with Crippen molar-refractivity contribution in [3.8, 4) is 0 Å².